The van der Waals surface area contributed by atoms with Gasteiger partial charge in [0.1, 0.15) is 5.71 Å². The number of nitrogens with zero attached hydrogens (tertiary/aromatic N) is 3. The molecule has 0 aliphatic heterocycles. The van der Waals surface area contributed by atoms with E-state index in [2.05, 4.69) is 20.9 Å². The Morgan fingerprint density at radius 3 is 2.64 bits per heavy atom. The Morgan fingerprint density at radius 2 is 2.08 bits per heavy atom. The van der Waals surface area contributed by atoms with E-state index in [9.17, 15) is 14.9 Å². The first-order chi connectivity index (χ1) is 11.9. The highest BCUT2D eigenvalue weighted by molar-refractivity contribution is 7.17. The zero-order valence-corrected chi connectivity index (χ0v) is 14.3. The van der Waals surface area contributed by atoms with Crippen molar-refractivity contribution in [3.05, 3.63) is 56.6 Å². The van der Waals surface area contributed by atoms with Gasteiger partial charge in [0.15, 0.2) is 0 Å². The lowest BCUT2D eigenvalue weighted by Crippen LogP contribution is -2.26. The molecule has 0 radical (unpaired) electrons. The summed E-state index contributed by atoms with van der Waals surface area (Å²) in [4.78, 5) is 26.2. The van der Waals surface area contributed by atoms with Gasteiger partial charge in [-0.1, -0.05) is 17.4 Å². The van der Waals surface area contributed by atoms with Crippen molar-refractivity contribution in [3.63, 3.8) is 0 Å². The molecule has 1 aromatic carbocycles. The minimum atomic E-state index is -0.454. The number of hydrogen-bond donors (Lipinski definition) is 3. The molecule has 9 nitrogen and oxygen atoms in total. The number of anilines is 1. The molecule has 0 saturated carbocycles. The monoisotopic (exact) mass is 360 g/mol. The van der Waals surface area contributed by atoms with E-state index in [0.29, 0.717) is 16.5 Å². The molecule has 0 spiro atoms. The number of thiazole rings is 1. The number of nitrogens with two attached hydrogens (primary N) is 1. The molecule has 130 valence electrons. The Bertz CT molecular complexity index is 841. The first-order valence-corrected chi connectivity index (χ1v) is 7.93. The van der Waals surface area contributed by atoms with Gasteiger partial charge < -0.3 is 5.84 Å². The van der Waals surface area contributed by atoms with Crippen molar-refractivity contribution in [2.75, 3.05) is 5.43 Å². The highest BCUT2D eigenvalue weighted by Gasteiger charge is 2.12. The van der Waals surface area contributed by atoms with E-state index in [1.54, 1.807) is 31.2 Å². The zero-order valence-electron chi connectivity index (χ0n) is 13.5. The SMILES string of the molecule is CC(=O)NNc1nc(C)c(C(/C=C\c2ccc([N+](=O)[O-])cc2)=N/N)s1. The number of rotatable bonds is 6. The van der Waals surface area contributed by atoms with Gasteiger partial charge in [-0.05, 0) is 30.7 Å². The van der Waals surface area contributed by atoms with Gasteiger partial charge in [0, 0.05) is 19.1 Å². The molecule has 1 heterocycles. The lowest BCUT2D eigenvalue weighted by Gasteiger charge is -2.00. The summed E-state index contributed by atoms with van der Waals surface area (Å²) in [6, 6.07) is 6.11. The van der Waals surface area contributed by atoms with Gasteiger partial charge in [-0.25, -0.2) is 4.98 Å². The maximum atomic E-state index is 10.9. The summed E-state index contributed by atoms with van der Waals surface area (Å²) in [7, 11) is 0. The smallest absolute Gasteiger partial charge is 0.269 e. The maximum Gasteiger partial charge on any atom is 0.269 e. The number of amides is 1. The van der Waals surface area contributed by atoms with Gasteiger partial charge in [-0.2, -0.15) is 5.10 Å². The van der Waals surface area contributed by atoms with Gasteiger partial charge in [0.05, 0.1) is 15.5 Å². The minimum Gasteiger partial charge on any atom is -0.323 e. The Hall–Kier alpha value is -3.27. The number of aryl methyl sites for hydroxylation is 1. The number of hydrazone groups is 1. The molecule has 0 bridgehead atoms. The molecule has 10 heteroatoms. The van der Waals surface area contributed by atoms with Crippen LogP contribution in [0.5, 0.6) is 0 Å². The summed E-state index contributed by atoms with van der Waals surface area (Å²) < 4.78 is 0. The maximum absolute atomic E-state index is 10.9. The number of aromatic nitrogens is 1. The Morgan fingerprint density at radius 1 is 1.40 bits per heavy atom. The van der Waals surface area contributed by atoms with Crippen LogP contribution in [0.3, 0.4) is 0 Å². The van der Waals surface area contributed by atoms with Gasteiger partial charge in [0.25, 0.3) is 5.69 Å². The van der Waals surface area contributed by atoms with E-state index in [0.717, 1.165) is 10.4 Å². The second-order valence-corrected chi connectivity index (χ2v) is 5.94. The predicted molar refractivity (Wildman–Crippen MR) is 97.1 cm³/mol. The third kappa shape index (κ3) is 4.85. The van der Waals surface area contributed by atoms with Crippen molar-refractivity contribution >= 4 is 39.9 Å². The van der Waals surface area contributed by atoms with E-state index < -0.39 is 4.92 Å². The number of hydrogen-bond acceptors (Lipinski definition) is 8. The molecule has 0 atom stereocenters. The second kappa shape index (κ2) is 8.02. The molecular formula is C15H16N6O3S. The summed E-state index contributed by atoms with van der Waals surface area (Å²) in [5, 5.41) is 14.9. The first kappa shape index (κ1) is 18.1. The normalized spacial score (nSPS) is 11.5. The summed E-state index contributed by atoms with van der Waals surface area (Å²) in [5.74, 6) is 5.23. The summed E-state index contributed by atoms with van der Waals surface area (Å²) >= 11 is 1.29. The van der Waals surface area contributed by atoms with Gasteiger partial charge in [-0.3, -0.25) is 25.8 Å². The quantitative estimate of drug-likeness (QED) is 0.313. The lowest BCUT2D eigenvalue weighted by atomic mass is 10.1. The van der Waals surface area contributed by atoms with Crippen LogP contribution in [0.4, 0.5) is 10.8 Å². The summed E-state index contributed by atoms with van der Waals surface area (Å²) in [6.07, 6.45) is 3.44. The number of carbonyl (C=O) groups is 1. The number of nitrogens with one attached hydrogen (secondary N) is 2. The molecule has 0 saturated heterocycles. The minimum absolute atomic E-state index is 0.0249. The number of carbonyl (C=O) groups excluding carboxylic acids is 1. The Kier molecular flexibility index (Phi) is 5.79. The third-order valence-electron chi connectivity index (χ3n) is 3.05. The van der Waals surface area contributed by atoms with Crippen LogP contribution in [0.25, 0.3) is 6.08 Å². The van der Waals surface area contributed by atoms with E-state index >= 15 is 0 Å². The van der Waals surface area contributed by atoms with E-state index in [1.807, 2.05) is 0 Å². The second-order valence-electron chi connectivity index (χ2n) is 4.94. The largest absolute Gasteiger partial charge is 0.323 e. The molecular weight excluding hydrogens is 344 g/mol. The molecule has 0 unspecified atom stereocenters. The molecule has 0 fully saturated rings. The standard InChI is InChI=1S/C15H16N6O3S/c1-9-14(25-15(17-9)20-19-10(2)22)13(18-16)8-5-11-3-6-12(7-4-11)21(23)24/h3-8H,16H2,1-2H3,(H,17,20)(H,19,22)/b8-5-,18-13+. The van der Waals surface area contributed by atoms with Gasteiger partial charge in [-0.15, -0.1) is 0 Å². The summed E-state index contributed by atoms with van der Waals surface area (Å²) in [5.41, 5.74) is 7.15. The molecule has 0 aliphatic carbocycles. The molecule has 1 amide bonds. The van der Waals surface area contributed by atoms with E-state index in [4.69, 9.17) is 5.84 Å². The van der Waals surface area contributed by atoms with Gasteiger partial charge in [0.2, 0.25) is 11.0 Å². The fraction of sp³-hybridized carbons (Fsp3) is 0.133. The zero-order chi connectivity index (χ0) is 18.4. The average Bonchev–Trinajstić information content (AvgIpc) is 2.95. The fourth-order valence-corrected chi connectivity index (χ4v) is 2.79. The van der Waals surface area contributed by atoms with E-state index in [-0.39, 0.29) is 11.6 Å². The van der Waals surface area contributed by atoms with Crippen LogP contribution in [0, 0.1) is 17.0 Å². The molecule has 2 rings (SSSR count). The van der Waals surface area contributed by atoms with Crippen molar-refractivity contribution in [1.29, 1.82) is 0 Å². The van der Waals surface area contributed by atoms with Crippen LogP contribution < -0.4 is 16.7 Å². The van der Waals surface area contributed by atoms with Crippen LogP contribution in [0.15, 0.2) is 35.4 Å². The predicted octanol–water partition coefficient (Wildman–Crippen LogP) is 2.20. The van der Waals surface area contributed by atoms with Crippen molar-refractivity contribution in [3.8, 4) is 0 Å². The number of non-ortho nitro benzene ring substituents is 1. The number of benzene rings is 1. The highest BCUT2D eigenvalue weighted by atomic mass is 32.1. The number of nitro benzene ring substituents is 1. The summed E-state index contributed by atoms with van der Waals surface area (Å²) in [6.45, 7) is 3.18. The van der Waals surface area contributed by atoms with Crippen LogP contribution in [-0.2, 0) is 4.79 Å². The van der Waals surface area contributed by atoms with Gasteiger partial charge >= 0.3 is 0 Å². The molecule has 25 heavy (non-hydrogen) atoms. The van der Waals surface area contributed by atoms with Crippen molar-refractivity contribution in [1.82, 2.24) is 10.4 Å². The van der Waals surface area contributed by atoms with Crippen molar-refractivity contribution in [2.24, 2.45) is 10.9 Å². The van der Waals surface area contributed by atoms with E-state index in [1.165, 1.54) is 30.4 Å². The highest BCUT2D eigenvalue weighted by Crippen LogP contribution is 2.23. The van der Waals surface area contributed by atoms with Crippen molar-refractivity contribution in [2.45, 2.75) is 13.8 Å². The third-order valence-corrected chi connectivity index (χ3v) is 4.15. The van der Waals surface area contributed by atoms with Crippen LogP contribution in [0.2, 0.25) is 0 Å². The van der Waals surface area contributed by atoms with Crippen molar-refractivity contribution < 1.29 is 9.72 Å². The molecule has 2 aromatic rings. The number of allylic oxidation sites excluding steroid dienone is 1. The number of hydrazine groups is 1. The number of nitro groups is 1. The van der Waals surface area contributed by atoms with Crippen LogP contribution in [-0.4, -0.2) is 21.5 Å². The Labute approximate surface area is 147 Å². The fourth-order valence-electron chi connectivity index (χ4n) is 1.89. The van der Waals surface area contributed by atoms with Crippen LogP contribution >= 0.6 is 11.3 Å². The first-order valence-electron chi connectivity index (χ1n) is 7.11. The average molecular weight is 360 g/mol. The molecule has 0 aliphatic rings. The molecule has 4 N–H and O–H groups in total. The topological polar surface area (TPSA) is 136 Å². The Balaban J connectivity index is 2.17. The lowest BCUT2D eigenvalue weighted by molar-refractivity contribution is -0.384. The van der Waals surface area contributed by atoms with Crippen LogP contribution in [0.1, 0.15) is 23.1 Å². The molecule has 1 aromatic heterocycles.